The molecule has 0 unspecified atom stereocenters. The first-order chi connectivity index (χ1) is 23.3. The Morgan fingerprint density at radius 2 is 0.766 bits per heavy atom. The maximum atomic E-state index is 2.42. The molecule has 47 heavy (non-hydrogen) atoms. The van der Waals surface area contributed by atoms with Crippen LogP contribution in [0.2, 0.25) is 0 Å². The summed E-state index contributed by atoms with van der Waals surface area (Å²) in [7, 11) is 0. The smallest absolute Gasteiger partial charge is 0.0540 e. The van der Waals surface area contributed by atoms with Gasteiger partial charge in [0.05, 0.1) is 5.69 Å². The van der Waals surface area contributed by atoms with Gasteiger partial charge in [0.1, 0.15) is 0 Å². The van der Waals surface area contributed by atoms with Gasteiger partial charge in [-0.2, -0.15) is 0 Å². The maximum Gasteiger partial charge on any atom is 0.0540 e. The summed E-state index contributed by atoms with van der Waals surface area (Å²) in [5, 5.41) is 10.2. The van der Waals surface area contributed by atoms with Gasteiger partial charge in [0.2, 0.25) is 0 Å². The van der Waals surface area contributed by atoms with Crippen molar-refractivity contribution in [2.45, 2.75) is 0 Å². The van der Waals surface area contributed by atoms with E-state index in [9.17, 15) is 0 Å². The standard InChI is InChI=1S/C46H31N/c1-2-13-33(14-3-1)39-18-10-11-24-46(39)47(35-27-25-34(26-28-35)38-23-12-16-32-15-4-5-17-37(32)38)36-29-30-44-42-21-7-6-19-40(42)41-20-8-9-22-43(41)45(44)31-36/h1-31H. The summed E-state index contributed by atoms with van der Waals surface area (Å²) < 4.78 is 0. The number of fused-ring (bicyclic) bond motifs is 7. The van der Waals surface area contributed by atoms with Crippen LogP contribution in [0.1, 0.15) is 0 Å². The van der Waals surface area contributed by atoms with Gasteiger partial charge in [0.15, 0.2) is 0 Å². The Morgan fingerprint density at radius 1 is 0.277 bits per heavy atom. The van der Waals surface area contributed by atoms with E-state index in [1.54, 1.807) is 0 Å². The van der Waals surface area contributed by atoms with E-state index in [1.165, 1.54) is 65.3 Å². The van der Waals surface area contributed by atoms with E-state index >= 15 is 0 Å². The number of hydrogen-bond donors (Lipinski definition) is 0. The van der Waals surface area contributed by atoms with Crippen LogP contribution >= 0.6 is 0 Å². The highest BCUT2D eigenvalue weighted by Crippen LogP contribution is 2.44. The number of anilines is 3. The minimum atomic E-state index is 1.11. The highest BCUT2D eigenvalue weighted by Gasteiger charge is 2.19. The second-order valence-corrected chi connectivity index (χ2v) is 12.1. The molecule has 0 radical (unpaired) electrons. The number of rotatable bonds is 5. The van der Waals surface area contributed by atoms with Crippen LogP contribution in [0.3, 0.4) is 0 Å². The van der Waals surface area contributed by atoms with E-state index in [1.807, 2.05) is 0 Å². The largest absolute Gasteiger partial charge is 0.310 e. The molecule has 1 heteroatoms. The van der Waals surface area contributed by atoms with Crippen molar-refractivity contribution in [2.24, 2.45) is 0 Å². The Hall–Kier alpha value is -6.18. The molecule has 0 atom stereocenters. The van der Waals surface area contributed by atoms with E-state index < -0.39 is 0 Å². The van der Waals surface area contributed by atoms with Gasteiger partial charge in [-0.25, -0.2) is 0 Å². The zero-order valence-corrected chi connectivity index (χ0v) is 25.8. The zero-order valence-electron chi connectivity index (χ0n) is 25.8. The van der Waals surface area contributed by atoms with E-state index in [4.69, 9.17) is 0 Å². The van der Waals surface area contributed by atoms with Crippen LogP contribution < -0.4 is 4.90 Å². The summed E-state index contributed by atoms with van der Waals surface area (Å²) in [5.41, 5.74) is 8.21. The Morgan fingerprint density at radius 3 is 1.49 bits per heavy atom. The van der Waals surface area contributed by atoms with Gasteiger partial charge < -0.3 is 4.90 Å². The summed E-state index contributed by atoms with van der Waals surface area (Å²) in [4.78, 5) is 2.42. The monoisotopic (exact) mass is 597 g/mol. The van der Waals surface area contributed by atoms with Crippen LogP contribution in [0.4, 0.5) is 17.1 Å². The number of hydrogen-bond acceptors (Lipinski definition) is 1. The molecule has 0 N–H and O–H groups in total. The zero-order chi connectivity index (χ0) is 31.2. The summed E-state index contributed by atoms with van der Waals surface area (Å²) in [6.07, 6.45) is 0. The minimum Gasteiger partial charge on any atom is -0.310 e. The van der Waals surface area contributed by atoms with Gasteiger partial charge in [0, 0.05) is 16.9 Å². The fourth-order valence-corrected chi connectivity index (χ4v) is 7.26. The lowest BCUT2D eigenvalue weighted by Crippen LogP contribution is -2.11. The Bertz CT molecular complexity index is 2520. The fraction of sp³-hybridized carbons (Fsp3) is 0. The molecule has 220 valence electrons. The van der Waals surface area contributed by atoms with Crippen molar-refractivity contribution in [1.82, 2.24) is 0 Å². The summed E-state index contributed by atoms with van der Waals surface area (Å²) in [5.74, 6) is 0. The Kier molecular flexibility index (Phi) is 6.54. The van der Waals surface area contributed by atoms with Crippen molar-refractivity contribution in [3.63, 3.8) is 0 Å². The molecule has 0 saturated heterocycles. The number of benzene rings is 9. The van der Waals surface area contributed by atoms with Crippen LogP contribution in [0, 0.1) is 0 Å². The highest BCUT2D eigenvalue weighted by atomic mass is 15.1. The molecule has 0 aliphatic carbocycles. The van der Waals surface area contributed by atoms with Crippen LogP contribution in [-0.4, -0.2) is 0 Å². The molecule has 0 spiro atoms. The predicted octanol–water partition coefficient (Wildman–Crippen LogP) is 13.1. The van der Waals surface area contributed by atoms with Crippen molar-refractivity contribution in [3.8, 4) is 22.3 Å². The van der Waals surface area contributed by atoms with Crippen molar-refractivity contribution < 1.29 is 0 Å². The first-order valence-electron chi connectivity index (χ1n) is 16.2. The molecule has 9 aromatic rings. The van der Waals surface area contributed by atoms with Gasteiger partial charge in [-0.05, 0) is 90.1 Å². The second kappa shape index (κ2) is 11.3. The van der Waals surface area contributed by atoms with Crippen molar-refractivity contribution >= 4 is 60.2 Å². The Labute approximate surface area is 274 Å². The quantitative estimate of drug-likeness (QED) is 0.178. The molecule has 0 aromatic heterocycles. The van der Waals surface area contributed by atoms with Crippen molar-refractivity contribution in [1.29, 1.82) is 0 Å². The van der Waals surface area contributed by atoms with Gasteiger partial charge in [-0.1, -0.05) is 158 Å². The van der Waals surface area contributed by atoms with Crippen LogP contribution in [-0.2, 0) is 0 Å². The first kappa shape index (κ1) is 27.2. The third kappa shape index (κ3) is 4.64. The molecule has 0 saturated carbocycles. The topological polar surface area (TPSA) is 3.24 Å². The molecule has 0 aliphatic rings. The predicted molar refractivity (Wildman–Crippen MR) is 202 cm³/mol. The summed E-state index contributed by atoms with van der Waals surface area (Å²) in [6, 6.07) is 68.2. The maximum absolute atomic E-state index is 2.42. The molecular weight excluding hydrogens is 567 g/mol. The third-order valence-electron chi connectivity index (χ3n) is 9.44. The highest BCUT2D eigenvalue weighted by molar-refractivity contribution is 6.25. The van der Waals surface area contributed by atoms with Crippen LogP contribution in [0.5, 0.6) is 0 Å². The molecule has 0 aliphatic heterocycles. The molecule has 0 bridgehead atoms. The van der Waals surface area contributed by atoms with Gasteiger partial charge in [-0.15, -0.1) is 0 Å². The second-order valence-electron chi connectivity index (χ2n) is 12.1. The van der Waals surface area contributed by atoms with E-state index in [0.717, 1.165) is 17.1 Å². The average Bonchev–Trinajstić information content (AvgIpc) is 3.16. The molecule has 0 fully saturated rings. The van der Waals surface area contributed by atoms with Crippen molar-refractivity contribution in [2.75, 3.05) is 4.90 Å². The molecular formula is C46H31N. The lowest BCUT2D eigenvalue weighted by molar-refractivity contribution is 1.29. The summed E-state index contributed by atoms with van der Waals surface area (Å²) >= 11 is 0. The normalized spacial score (nSPS) is 11.4. The average molecular weight is 598 g/mol. The first-order valence-corrected chi connectivity index (χ1v) is 16.2. The van der Waals surface area contributed by atoms with Crippen molar-refractivity contribution in [3.05, 3.63) is 188 Å². The molecule has 0 heterocycles. The molecule has 9 rings (SSSR count). The molecule has 9 aromatic carbocycles. The van der Waals surface area contributed by atoms with E-state index in [0.29, 0.717) is 0 Å². The SMILES string of the molecule is c1ccc(-c2ccccc2N(c2ccc(-c3cccc4ccccc34)cc2)c2ccc3c4ccccc4c4ccccc4c3c2)cc1. The van der Waals surface area contributed by atoms with Gasteiger partial charge in [-0.3, -0.25) is 0 Å². The Balaban J connectivity index is 1.28. The molecule has 0 amide bonds. The lowest BCUT2D eigenvalue weighted by atomic mass is 9.93. The van der Waals surface area contributed by atoms with Gasteiger partial charge >= 0.3 is 0 Å². The van der Waals surface area contributed by atoms with E-state index in [-0.39, 0.29) is 0 Å². The van der Waals surface area contributed by atoms with Crippen LogP contribution in [0.25, 0.3) is 65.3 Å². The summed E-state index contributed by atoms with van der Waals surface area (Å²) in [6.45, 7) is 0. The third-order valence-corrected chi connectivity index (χ3v) is 9.44. The van der Waals surface area contributed by atoms with Gasteiger partial charge in [0.25, 0.3) is 0 Å². The number of nitrogens with zero attached hydrogens (tertiary/aromatic N) is 1. The van der Waals surface area contributed by atoms with E-state index in [2.05, 4.69) is 193 Å². The minimum absolute atomic E-state index is 1.11. The number of para-hydroxylation sites is 1. The van der Waals surface area contributed by atoms with Crippen LogP contribution in [0.15, 0.2) is 188 Å². The lowest BCUT2D eigenvalue weighted by Gasteiger charge is -2.28. The molecule has 1 nitrogen and oxygen atoms in total. The fourth-order valence-electron chi connectivity index (χ4n) is 7.26.